The van der Waals surface area contributed by atoms with Crippen molar-refractivity contribution in [1.82, 2.24) is 9.88 Å². The molecule has 3 aromatic rings. The van der Waals surface area contributed by atoms with Gasteiger partial charge >= 0.3 is 0 Å². The van der Waals surface area contributed by atoms with Crippen LogP contribution in [0.2, 0.25) is 0 Å². The number of nitrogens with zero attached hydrogens (tertiary/aromatic N) is 3. The van der Waals surface area contributed by atoms with E-state index in [0.29, 0.717) is 12.3 Å². The van der Waals surface area contributed by atoms with Crippen molar-refractivity contribution >= 4 is 5.91 Å². The Kier molecular flexibility index (Phi) is 4.50. The molecule has 3 aliphatic heterocycles. The summed E-state index contributed by atoms with van der Waals surface area (Å²) >= 11 is 0. The zero-order valence-corrected chi connectivity index (χ0v) is 17.6. The molecule has 1 aromatic heterocycles. The minimum absolute atomic E-state index is 0. The number of benzene rings is 2. The number of hydrogen-bond acceptors (Lipinski definition) is 2. The van der Waals surface area contributed by atoms with Crippen LogP contribution >= 0.6 is 0 Å². The molecule has 0 radical (unpaired) electrons. The highest BCUT2D eigenvalue weighted by Gasteiger charge is 2.52. The largest absolute Gasteiger partial charge is 1.00 e. The molecule has 2 bridgehead atoms. The smallest absolute Gasteiger partial charge is 0.222 e. The number of halogens is 1. The van der Waals surface area contributed by atoms with Gasteiger partial charge < -0.3 is 21.9 Å². The van der Waals surface area contributed by atoms with E-state index < -0.39 is 0 Å². The summed E-state index contributed by atoms with van der Waals surface area (Å²) in [6, 6.07) is 19.6. The van der Waals surface area contributed by atoms with E-state index in [1.165, 1.54) is 16.8 Å². The summed E-state index contributed by atoms with van der Waals surface area (Å²) in [6.07, 6.45) is 6.92. The summed E-state index contributed by atoms with van der Waals surface area (Å²) in [5, 5.41) is 0. The minimum atomic E-state index is 0. The van der Waals surface area contributed by atoms with Gasteiger partial charge in [0.25, 0.3) is 0 Å². The zero-order chi connectivity index (χ0) is 18.7. The SMILES string of the molecule is O=C1CCCN1C1CC2c3ccccc3C1c1cnc(-c3ccccc3)c[n+]12.[Br-]. The highest BCUT2D eigenvalue weighted by atomic mass is 79.9. The van der Waals surface area contributed by atoms with Gasteiger partial charge in [0.1, 0.15) is 5.69 Å². The summed E-state index contributed by atoms with van der Waals surface area (Å²) < 4.78 is 2.42. The van der Waals surface area contributed by atoms with E-state index in [-0.39, 0.29) is 35.0 Å². The first-order valence-electron chi connectivity index (χ1n) is 10.2. The number of likely N-dealkylation sites (tertiary alicyclic amines) is 1. The summed E-state index contributed by atoms with van der Waals surface area (Å²) in [5.74, 6) is 0.524. The van der Waals surface area contributed by atoms with Gasteiger partial charge in [-0.1, -0.05) is 54.6 Å². The Labute approximate surface area is 181 Å². The Hall–Kier alpha value is -2.53. The molecule has 4 heterocycles. The lowest BCUT2D eigenvalue weighted by atomic mass is 9.71. The van der Waals surface area contributed by atoms with E-state index in [9.17, 15) is 4.79 Å². The Morgan fingerprint density at radius 1 is 1.00 bits per heavy atom. The predicted molar refractivity (Wildman–Crippen MR) is 106 cm³/mol. The first-order valence-corrected chi connectivity index (χ1v) is 10.2. The average Bonchev–Trinajstić information content (AvgIpc) is 3.20. The maximum atomic E-state index is 12.5. The van der Waals surface area contributed by atoms with Gasteiger partial charge in [-0.3, -0.25) is 4.79 Å². The first-order chi connectivity index (χ1) is 13.8. The maximum Gasteiger partial charge on any atom is 0.222 e. The van der Waals surface area contributed by atoms with Crippen LogP contribution in [0.3, 0.4) is 0 Å². The minimum Gasteiger partial charge on any atom is -1.00 e. The van der Waals surface area contributed by atoms with E-state index >= 15 is 0 Å². The molecule has 4 nitrogen and oxygen atoms in total. The van der Waals surface area contributed by atoms with Crippen LogP contribution in [-0.2, 0) is 4.79 Å². The molecule has 1 amide bonds. The van der Waals surface area contributed by atoms with Crippen LogP contribution in [0.25, 0.3) is 11.3 Å². The molecule has 1 fully saturated rings. The molecule has 3 unspecified atom stereocenters. The fraction of sp³-hybridized carbons (Fsp3) is 0.292. The molecule has 5 heteroatoms. The molecule has 1 aliphatic carbocycles. The lowest BCUT2D eigenvalue weighted by Gasteiger charge is -2.43. The molecule has 4 aliphatic rings. The summed E-state index contributed by atoms with van der Waals surface area (Å²) in [4.78, 5) is 19.5. The normalized spacial score (nSPS) is 24.1. The number of hydrogen-bond donors (Lipinski definition) is 0. The summed E-state index contributed by atoms with van der Waals surface area (Å²) in [5.41, 5.74) is 6.15. The summed E-state index contributed by atoms with van der Waals surface area (Å²) in [7, 11) is 0. The number of aromatic nitrogens is 2. The Bertz CT molecular complexity index is 1080. The first kappa shape index (κ1) is 18.5. The van der Waals surface area contributed by atoms with Crippen molar-refractivity contribution in [3.63, 3.8) is 0 Å². The van der Waals surface area contributed by atoms with Crippen LogP contribution in [0.5, 0.6) is 0 Å². The molecule has 3 atom stereocenters. The van der Waals surface area contributed by atoms with Crippen molar-refractivity contribution in [3.8, 4) is 11.3 Å². The van der Waals surface area contributed by atoms with E-state index in [4.69, 9.17) is 4.98 Å². The van der Waals surface area contributed by atoms with Crippen molar-refractivity contribution in [3.05, 3.63) is 83.8 Å². The lowest BCUT2D eigenvalue weighted by Crippen LogP contribution is -3.00. The van der Waals surface area contributed by atoms with Gasteiger partial charge in [-0.25, -0.2) is 4.98 Å². The van der Waals surface area contributed by atoms with Crippen molar-refractivity contribution in [2.24, 2.45) is 0 Å². The molecular weight excluding hydrogens is 426 g/mol. The third-order valence-corrected chi connectivity index (χ3v) is 6.67. The number of carbonyl (C=O) groups excluding carboxylic acids is 1. The molecule has 7 rings (SSSR count). The van der Waals surface area contributed by atoms with E-state index in [2.05, 4.69) is 64.2 Å². The van der Waals surface area contributed by atoms with Crippen LogP contribution in [0.1, 0.15) is 48.0 Å². The second kappa shape index (κ2) is 7.06. The predicted octanol–water partition coefficient (Wildman–Crippen LogP) is 0.469. The molecule has 2 aromatic carbocycles. The number of amides is 1. The molecule has 0 saturated carbocycles. The van der Waals surface area contributed by atoms with E-state index in [0.717, 1.165) is 30.6 Å². The van der Waals surface area contributed by atoms with Crippen LogP contribution < -0.4 is 21.5 Å². The highest BCUT2D eigenvalue weighted by Crippen LogP contribution is 2.47. The van der Waals surface area contributed by atoms with Crippen molar-refractivity contribution < 1.29 is 26.3 Å². The molecule has 0 spiro atoms. The Balaban J connectivity index is 0.00000181. The van der Waals surface area contributed by atoms with Crippen molar-refractivity contribution in [2.75, 3.05) is 6.54 Å². The van der Waals surface area contributed by atoms with Gasteiger partial charge in [-0.2, -0.15) is 4.57 Å². The molecular formula is C24H22BrN3O. The molecule has 0 N–H and O–H groups in total. The topological polar surface area (TPSA) is 37.1 Å². The fourth-order valence-corrected chi connectivity index (χ4v) is 5.45. The van der Waals surface area contributed by atoms with Gasteiger partial charge in [-0.15, -0.1) is 0 Å². The maximum absolute atomic E-state index is 12.5. The Morgan fingerprint density at radius 2 is 1.76 bits per heavy atom. The standard InChI is InChI=1S/C24H22N3O.BrH/c28-23-11-6-12-26(23)21-13-20-17-9-4-5-10-18(17)24(21)22-14-25-19(15-27(20)22)16-7-2-1-3-8-16;/h1-5,7-10,14-15,20-21,24H,6,11-13H2;1H/q+1;/p-1. The molecule has 146 valence electrons. The van der Waals surface area contributed by atoms with Gasteiger partial charge in [0.15, 0.2) is 12.2 Å². The van der Waals surface area contributed by atoms with E-state index in [1.807, 2.05) is 12.3 Å². The number of fused-ring (bicyclic) bond motifs is 1. The molecule has 29 heavy (non-hydrogen) atoms. The van der Waals surface area contributed by atoms with Crippen LogP contribution in [-0.4, -0.2) is 28.4 Å². The molecule has 1 saturated heterocycles. The quantitative estimate of drug-likeness (QED) is 0.535. The third kappa shape index (κ3) is 2.75. The number of carbonyl (C=O) groups is 1. The monoisotopic (exact) mass is 447 g/mol. The van der Waals surface area contributed by atoms with Crippen LogP contribution in [0.15, 0.2) is 67.0 Å². The number of rotatable bonds is 2. The Morgan fingerprint density at radius 3 is 2.52 bits per heavy atom. The van der Waals surface area contributed by atoms with Crippen LogP contribution in [0, 0.1) is 0 Å². The van der Waals surface area contributed by atoms with Gasteiger partial charge in [0.2, 0.25) is 11.6 Å². The zero-order valence-electron chi connectivity index (χ0n) is 16.0. The fourth-order valence-electron chi connectivity index (χ4n) is 5.45. The average molecular weight is 448 g/mol. The van der Waals surface area contributed by atoms with Gasteiger partial charge in [0.05, 0.1) is 18.2 Å². The van der Waals surface area contributed by atoms with E-state index in [1.54, 1.807) is 0 Å². The third-order valence-electron chi connectivity index (χ3n) is 6.67. The second-order valence-electron chi connectivity index (χ2n) is 8.09. The van der Waals surface area contributed by atoms with Gasteiger partial charge in [-0.05, 0) is 12.0 Å². The highest BCUT2D eigenvalue weighted by molar-refractivity contribution is 5.78. The van der Waals surface area contributed by atoms with Crippen molar-refractivity contribution in [1.29, 1.82) is 0 Å². The lowest BCUT2D eigenvalue weighted by molar-refractivity contribution is -0.731. The van der Waals surface area contributed by atoms with Gasteiger partial charge in [0, 0.05) is 30.5 Å². The van der Waals surface area contributed by atoms with Crippen molar-refractivity contribution in [2.45, 2.75) is 37.3 Å². The summed E-state index contributed by atoms with van der Waals surface area (Å²) in [6.45, 7) is 0.893. The van der Waals surface area contributed by atoms with Crippen LogP contribution in [0.4, 0.5) is 0 Å². The second-order valence-corrected chi connectivity index (χ2v) is 8.09.